The van der Waals surface area contributed by atoms with Gasteiger partial charge in [-0.15, -0.1) is 0 Å². The van der Waals surface area contributed by atoms with Crippen molar-refractivity contribution in [2.75, 3.05) is 19.6 Å². The lowest BCUT2D eigenvalue weighted by Gasteiger charge is -2.37. The monoisotopic (exact) mass is 287 g/mol. The van der Waals surface area contributed by atoms with Crippen LogP contribution < -0.4 is 4.74 Å². The quantitative estimate of drug-likeness (QED) is 0.801. The Morgan fingerprint density at radius 2 is 2.29 bits per heavy atom. The summed E-state index contributed by atoms with van der Waals surface area (Å²) in [5.74, 6) is 0.647. The van der Waals surface area contributed by atoms with Crippen LogP contribution in [0.2, 0.25) is 0 Å². The maximum atomic E-state index is 11.5. The lowest BCUT2D eigenvalue weighted by Crippen LogP contribution is -2.46. The molecule has 1 aromatic rings. The summed E-state index contributed by atoms with van der Waals surface area (Å²) >= 11 is 0. The molecule has 0 amide bonds. The minimum Gasteiger partial charge on any atom is -0.489 e. The van der Waals surface area contributed by atoms with Crippen LogP contribution in [0.4, 0.5) is 0 Å². The van der Waals surface area contributed by atoms with Gasteiger partial charge >= 0.3 is 5.97 Å². The van der Waals surface area contributed by atoms with E-state index < -0.39 is 0 Å². The standard InChI is InChI=1S/C17H21NO3/c1-2-18-9-14(8-17(11-18)5-6-17)21-13-3-4-15-12(7-13)10-20-16(15)19/h3-4,7,14H,2,5-6,8-11H2,1H3/t14-/m1/s1. The van der Waals surface area contributed by atoms with Gasteiger partial charge in [0.2, 0.25) is 0 Å². The number of esters is 1. The Hall–Kier alpha value is -1.55. The SMILES string of the molecule is CCN1C[C@H](Oc2ccc3c(c2)COC3=O)CC2(CC2)C1. The molecule has 4 rings (SSSR count). The highest BCUT2D eigenvalue weighted by Crippen LogP contribution is 2.52. The van der Waals surface area contributed by atoms with Gasteiger partial charge in [-0.05, 0) is 49.4 Å². The fourth-order valence-electron chi connectivity index (χ4n) is 3.67. The van der Waals surface area contributed by atoms with E-state index in [-0.39, 0.29) is 12.1 Å². The van der Waals surface area contributed by atoms with Crippen LogP contribution in [0.3, 0.4) is 0 Å². The second kappa shape index (κ2) is 4.73. The summed E-state index contributed by atoms with van der Waals surface area (Å²) in [6.07, 6.45) is 4.11. The van der Waals surface area contributed by atoms with Gasteiger partial charge in [-0.2, -0.15) is 0 Å². The van der Waals surface area contributed by atoms with Crippen molar-refractivity contribution in [1.82, 2.24) is 4.90 Å². The number of fused-ring (bicyclic) bond motifs is 1. The van der Waals surface area contributed by atoms with Crippen molar-refractivity contribution in [3.05, 3.63) is 29.3 Å². The van der Waals surface area contributed by atoms with Gasteiger partial charge in [0.1, 0.15) is 18.5 Å². The average Bonchev–Trinajstić information content (AvgIpc) is 3.11. The Balaban J connectivity index is 1.49. The smallest absolute Gasteiger partial charge is 0.338 e. The van der Waals surface area contributed by atoms with Crippen LogP contribution >= 0.6 is 0 Å². The summed E-state index contributed by atoms with van der Waals surface area (Å²) in [5, 5.41) is 0. The summed E-state index contributed by atoms with van der Waals surface area (Å²) in [6, 6.07) is 5.69. The zero-order valence-electron chi connectivity index (χ0n) is 12.4. The molecule has 1 atom stereocenters. The zero-order chi connectivity index (χ0) is 14.4. The third-order valence-corrected chi connectivity index (χ3v) is 5.04. The van der Waals surface area contributed by atoms with Crippen LogP contribution in [-0.2, 0) is 11.3 Å². The minimum absolute atomic E-state index is 0.219. The van der Waals surface area contributed by atoms with Gasteiger partial charge in [0.05, 0.1) is 5.56 Å². The topological polar surface area (TPSA) is 38.8 Å². The predicted octanol–water partition coefficient (Wildman–Crippen LogP) is 2.61. The van der Waals surface area contributed by atoms with Crippen molar-refractivity contribution in [3.63, 3.8) is 0 Å². The maximum absolute atomic E-state index is 11.5. The number of nitrogens with zero attached hydrogens (tertiary/aromatic N) is 1. The van der Waals surface area contributed by atoms with E-state index in [1.54, 1.807) is 0 Å². The summed E-state index contributed by atoms with van der Waals surface area (Å²) in [7, 11) is 0. The second-order valence-electron chi connectivity index (χ2n) is 6.67. The van der Waals surface area contributed by atoms with E-state index in [4.69, 9.17) is 9.47 Å². The summed E-state index contributed by atoms with van der Waals surface area (Å²) in [4.78, 5) is 14.0. The first kappa shape index (κ1) is 13.1. The third kappa shape index (κ3) is 2.42. The van der Waals surface area contributed by atoms with E-state index in [0.29, 0.717) is 17.6 Å². The van der Waals surface area contributed by atoms with Crippen molar-refractivity contribution in [2.45, 2.75) is 38.9 Å². The molecule has 21 heavy (non-hydrogen) atoms. The number of carbonyl (C=O) groups is 1. The van der Waals surface area contributed by atoms with Gasteiger partial charge in [-0.3, -0.25) is 4.90 Å². The largest absolute Gasteiger partial charge is 0.489 e. The molecule has 0 bridgehead atoms. The van der Waals surface area contributed by atoms with E-state index in [2.05, 4.69) is 11.8 Å². The van der Waals surface area contributed by atoms with Gasteiger partial charge in [0.25, 0.3) is 0 Å². The van der Waals surface area contributed by atoms with Gasteiger partial charge in [0.15, 0.2) is 0 Å². The fourth-order valence-corrected chi connectivity index (χ4v) is 3.67. The lowest BCUT2D eigenvalue weighted by molar-refractivity contribution is 0.0490. The van der Waals surface area contributed by atoms with Gasteiger partial charge in [-0.25, -0.2) is 4.79 Å². The molecule has 2 heterocycles. The van der Waals surface area contributed by atoms with Crippen LogP contribution in [0.1, 0.15) is 42.1 Å². The van der Waals surface area contributed by atoms with Crippen molar-refractivity contribution in [1.29, 1.82) is 0 Å². The molecular weight excluding hydrogens is 266 g/mol. The molecule has 0 N–H and O–H groups in total. The van der Waals surface area contributed by atoms with Crippen molar-refractivity contribution >= 4 is 5.97 Å². The summed E-state index contributed by atoms with van der Waals surface area (Å²) in [5.41, 5.74) is 2.15. The molecular formula is C17H21NO3. The Morgan fingerprint density at radius 3 is 3.05 bits per heavy atom. The molecule has 1 saturated carbocycles. The van der Waals surface area contributed by atoms with Crippen LogP contribution in [0.25, 0.3) is 0 Å². The van der Waals surface area contributed by atoms with Crippen LogP contribution in [0.15, 0.2) is 18.2 Å². The van der Waals surface area contributed by atoms with E-state index >= 15 is 0 Å². The first-order valence-electron chi connectivity index (χ1n) is 7.86. The van der Waals surface area contributed by atoms with Gasteiger partial charge in [-0.1, -0.05) is 6.92 Å². The number of cyclic esters (lactones) is 1. The normalized spacial score (nSPS) is 26.5. The molecule has 1 saturated heterocycles. The molecule has 4 heteroatoms. The number of likely N-dealkylation sites (tertiary alicyclic amines) is 1. The Kier molecular flexibility index (Phi) is 2.96. The molecule has 0 radical (unpaired) electrons. The third-order valence-electron chi connectivity index (χ3n) is 5.04. The number of hydrogen-bond donors (Lipinski definition) is 0. The number of carbonyl (C=O) groups excluding carboxylic acids is 1. The minimum atomic E-state index is -0.219. The summed E-state index contributed by atoms with van der Waals surface area (Å²) < 4.78 is 11.3. The average molecular weight is 287 g/mol. The van der Waals surface area contributed by atoms with Crippen molar-refractivity contribution in [3.8, 4) is 5.75 Å². The Bertz CT molecular complexity index is 579. The highest BCUT2D eigenvalue weighted by molar-refractivity contribution is 5.93. The molecule has 1 aromatic carbocycles. The molecule has 0 unspecified atom stereocenters. The van der Waals surface area contributed by atoms with Gasteiger partial charge in [0, 0.05) is 18.7 Å². The second-order valence-corrected chi connectivity index (χ2v) is 6.67. The number of rotatable bonds is 3. The van der Waals surface area contributed by atoms with E-state index in [1.807, 2.05) is 18.2 Å². The van der Waals surface area contributed by atoms with E-state index in [1.165, 1.54) is 19.4 Å². The molecule has 112 valence electrons. The van der Waals surface area contributed by atoms with Crippen molar-refractivity contribution in [2.24, 2.45) is 5.41 Å². The molecule has 3 aliphatic rings. The molecule has 2 fully saturated rings. The number of likely N-dealkylation sites (N-methyl/N-ethyl adjacent to an activating group) is 1. The Labute approximate surface area is 125 Å². The highest BCUT2D eigenvalue weighted by atomic mass is 16.5. The predicted molar refractivity (Wildman–Crippen MR) is 78.4 cm³/mol. The van der Waals surface area contributed by atoms with Crippen LogP contribution in [-0.4, -0.2) is 36.6 Å². The maximum Gasteiger partial charge on any atom is 0.338 e. The van der Waals surface area contributed by atoms with Gasteiger partial charge < -0.3 is 9.47 Å². The molecule has 2 aliphatic heterocycles. The van der Waals surface area contributed by atoms with E-state index in [0.717, 1.165) is 30.8 Å². The number of piperidine rings is 1. The lowest BCUT2D eigenvalue weighted by atomic mass is 9.93. The first-order valence-corrected chi connectivity index (χ1v) is 7.86. The molecule has 1 aliphatic carbocycles. The van der Waals surface area contributed by atoms with E-state index in [9.17, 15) is 4.79 Å². The fraction of sp³-hybridized carbons (Fsp3) is 0.588. The molecule has 1 spiro atoms. The number of benzene rings is 1. The Morgan fingerprint density at radius 1 is 1.43 bits per heavy atom. The first-order chi connectivity index (χ1) is 10.2. The van der Waals surface area contributed by atoms with Crippen molar-refractivity contribution < 1.29 is 14.3 Å². The van der Waals surface area contributed by atoms with Crippen LogP contribution in [0, 0.1) is 5.41 Å². The molecule has 4 nitrogen and oxygen atoms in total. The molecule has 0 aromatic heterocycles. The zero-order valence-corrected chi connectivity index (χ0v) is 12.4. The summed E-state index contributed by atoms with van der Waals surface area (Å²) in [6.45, 7) is 5.92. The van der Waals surface area contributed by atoms with Crippen LogP contribution in [0.5, 0.6) is 5.75 Å². The highest BCUT2D eigenvalue weighted by Gasteiger charge is 2.48. The number of hydrogen-bond acceptors (Lipinski definition) is 4. The number of ether oxygens (including phenoxy) is 2.